The molecule has 0 radical (unpaired) electrons. The van der Waals surface area contributed by atoms with E-state index in [0.717, 1.165) is 11.1 Å². The third-order valence-electron chi connectivity index (χ3n) is 4.87. The van der Waals surface area contributed by atoms with Crippen LogP contribution in [-0.4, -0.2) is 39.1 Å². The van der Waals surface area contributed by atoms with Gasteiger partial charge in [-0.3, -0.25) is 13.9 Å². The van der Waals surface area contributed by atoms with Crippen LogP contribution in [0.4, 0.5) is 11.4 Å². The number of para-hydroxylation sites is 1. The van der Waals surface area contributed by atoms with Crippen LogP contribution >= 0.6 is 0 Å². The molecule has 2 amide bonds. The van der Waals surface area contributed by atoms with E-state index in [1.165, 1.54) is 4.31 Å². The summed E-state index contributed by atoms with van der Waals surface area (Å²) < 4.78 is 26.6. The molecule has 1 heterocycles. The Morgan fingerprint density at radius 2 is 1.72 bits per heavy atom. The first-order valence-electron chi connectivity index (χ1n) is 9.55. The molecular weight excluding hydrogens is 390 g/mol. The highest BCUT2D eigenvalue weighted by atomic mass is 32.2. The first-order chi connectivity index (χ1) is 13.8. The van der Waals surface area contributed by atoms with Crippen molar-refractivity contribution in [1.29, 1.82) is 0 Å². The SMILES string of the molecule is CC(C)c1ccc(NC(=O)C(=O)NCCS(=O)(=O)N2CCc3ccccc32)cc1. The van der Waals surface area contributed by atoms with Crippen LogP contribution in [0.2, 0.25) is 0 Å². The number of hydrogen-bond donors (Lipinski definition) is 2. The molecule has 0 spiro atoms. The fourth-order valence-corrected chi connectivity index (χ4v) is 4.65. The molecule has 2 N–H and O–H groups in total. The molecular formula is C21H25N3O4S. The maximum absolute atomic E-state index is 12.6. The predicted molar refractivity (Wildman–Crippen MR) is 113 cm³/mol. The van der Waals surface area contributed by atoms with E-state index in [1.807, 2.05) is 24.3 Å². The molecule has 7 nitrogen and oxygen atoms in total. The molecule has 154 valence electrons. The summed E-state index contributed by atoms with van der Waals surface area (Å²) in [5.41, 5.74) is 3.31. The Hall–Kier alpha value is -2.87. The molecule has 2 aromatic carbocycles. The van der Waals surface area contributed by atoms with Gasteiger partial charge in [0.15, 0.2) is 0 Å². The summed E-state index contributed by atoms with van der Waals surface area (Å²) in [4.78, 5) is 24.0. The second-order valence-electron chi connectivity index (χ2n) is 7.25. The molecule has 0 unspecified atom stereocenters. The first kappa shape index (κ1) is 20.9. The smallest absolute Gasteiger partial charge is 0.313 e. The number of sulfonamides is 1. The van der Waals surface area contributed by atoms with Crippen molar-refractivity contribution in [3.8, 4) is 0 Å². The van der Waals surface area contributed by atoms with Gasteiger partial charge in [0.1, 0.15) is 0 Å². The maximum Gasteiger partial charge on any atom is 0.313 e. The van der Waals surface area contributed by atoms with Gasteiger partial charge in [0.05, 0.1) is 11.4 Å². The van der Waals surface area contributed by atoms with Gasteiger partial charge in [-0.2, -0.15) is 0 Å². The third-order valence-corrected chi connectivity index (χ3v) is 6.64. The number of amides is 2. The van der Waals surface area contributed by atoms with E-state index in [-0.39, 0.29) is 12.3 Å². The number of benzene rings is 2. The Kier molecular flexibility index (Phi) is 6.22. The number of carbonyl (C=O) groups is 2. The average molecular weight is 416 g/mol. The highest BCUT2D eigenvalue weighted by Crippen LogP contribution is 2.29. The number of hydrogen-bond acceptors (Lipinski definition) is 4. The Bertz CT molecular complexity index is 1000. The number of anilines is 2. The van der Waals surface area contributed by atoms with Crippen LogP contribution in [0.1, 0.15) is 30.9 Å². The maximum atomic E-state index is 12.6. The van der Waals surface area contributed by atoms with Crippen molar-refractivity contribution in [3.05, 3.63) is 59.7 Å². The number of nitrogens with zero attached hydrogens (tertiary/aromatic N) is 1. The molecule has 0 bridgehead atoms. The van der Waals surface area contributed by atoms with E-state index in [9.17, 15) is 18.0 Å². The molecule has 0 fully saturated rings. The lowest BCUT2D eigenvalue weighted by molar-refractivity contribution is -0.136. The largest absolute Gasteiger partial charge is 0.347 e. The first-order valence-corrected chi connectivity index (χ1v) is 11.2. The lowest BCUT2D eigenvalue weighted by Gasteiger charge is -2.19. The molecule has 29 heavy (non-hydrogen) atoms. The monoisotopic (exact) mass is 415 g/mol. The van der Waals surface area contributed by atoms with Gasteiger partial charge < -0.3 is 10.6 Å². The van der Waals surface area contributed by atoms with E-state index >= 15 is 0 Å². The Balaban J connectivity index is 1.51. The summed E-state index contributed by atoms with van der Waals surface area (Å²) in [7, 11) is -3.58. The van der Waals surface area contributed by atoms with Crippen molar-refractivity contribution >= 4 is 33.2 Å². The van der Waals surface area contributed by atoms with E-state index in [4.69, 9.17) is 0 Å². The molecule has 0 aromatic heterocycles. The zero-order valence-electron chi connectivity index (χ0n) is 16.5. The van der Waals surface area contributed by atoms with Crippen molar-refractivity contribution in [2.75, 3.05) is 28.5 Å². The number of carbonyl (C=O) groups excluding carboxylic acids is 2. The van der Waals surface area contributed by atoms with Crippen molar-refractivity contribution in [3.63, 3.8) is 0 Å². The van der Waals surface area contributed by atoms with Gasteiger partial charge in [-0.1, -0.05) is 44.2 Å². The zero-order chi connectivity index (χ0) is 21.0. The fraction of sp³-hybridized carbons (Fsp3) is 0.333. The minimum Gasteiger partial charge on any atom is -0.347 e. The normalized spacial score (nSPS) is 13.3. The van der Waals surface area contributed by atoms with E-state index in [0.29, 0.717) is 30.3 Å². The summed E-state index contributed by atoms with van der Waals surface area (Å²) in [6, 6.07) is 14.6. The van der Waals surface area contributed by atoms with E-state index < -0.39 is 21.8 Å². The van der Waals surface area contributed by atoms with E-state index in [2.05, 4.69) is 24.5 Å². The van der Waals surface area contributed by atoms with Crippen molar-refractivity contribution in [1.82, 2.24) is 5.32 Å². The lowest BCUT2D eigenvalue weighted by Crippen LogP contribution is -2.40. The highest BCUT2D eigenvalue weighted by Gasteiger charge is 2.29. The second-order valence-corrected chi connectivity index (χ2v) is 9.27. The molecule has 1 aliphatic heterocycles. The zero-order valence-corrected chi connectivity index (χ0v) is 17.3. The Morgan fingerprint density at radius 3 is 2.41 bits per heavy atom. The summed E-state index contributed by atoms with van der Waals surface area (Å²) in [6.45, 7) is 4.38. The summed E-state index contributed by atoms with van der Waals surface area (Å²) in [5.74, 6) is -1.60. The molecule has 0 aliphatic carbocycles. The minimum absolute atomic E-state index is 0.139. The van der Waals surface area contributed by atoms with Crippen LogP contribution in [0, 0.1) is 0 Å². The van der Waals surface area contributed by atoms with Crippen LogP contribution in [0.15, 0.2) is 48.5 Å². The van der Waals surface area contributed by atoms with Crippen LogP contribution in [0.5, 0.6) is 0 Å². The van der Waals surface area contributed by atoms with Crippen molar-refractivity contribution < 1.29 is 18.0 Å². The fourth-order valence-electron chi connectivity index (χ4n) is 3.22. The van der Waals surface area contributed by atoms with Gasteiger partial charge in [-0.05, 0) is 41.7 Å². The topological polar surface area (TPSA) is 95.6 Å². The van der Waals surface area contributed by atoms with Crippen LogP contribution in [0.3, 0.4) is 0 Å². The van der Waals surface area contributed by atoms with Gasteiger partial charge in [0.25, 0.3) is 0 Å². The Morgan fingerprint density at radius 1 is 1.03 bits per heavy atom. The van der Waals surface area contributed by atoms with Gasteiger partial charge in [0, 0.05) is 18.8 Å². The molecule has 0 atom stereocenters. The average Bonchev–Trinajstić information content (AvgIpc) is 3.13. The molecule has 1 aliphatic rings. The molecule has 0 saturated carbocycles. The predicted octanol–water partition coefficient (Wildman–Crippen LogP) is 2.26. The quantitative estimate of drug-likeness (QED) is 0.708. The molecule has 8 heteroatoms. The van der Waals surface area contributed by atoms with Gasteiger partial charge >= 0.3 is 11.8 Å². The Labute approximate surface area is 171 Å². The molecule has 2 aromatic rings. The standard InChI is InChI=1S/C21H25N3O4S/c1-15(2)16-7-9-18(10-8-16)23-21(26)20(25)22-12-14-29(27,28)24-13-11-17-5-3-4-6-19(17)24/h3-10,15H,11-14H2,1-2H3,(H,22,25)(H,23,26). The molecule has 3 rings (SSSR count). The van der Waals surface area contributed by atoms with Gasteiger partial charge in [0.2, 0.25) is 10.0 Å². The lowest BCUT2D eigenvalue weighted by atomic mass is 10.0. The number of fused-ring (bicyclic) bond motifs is 1. The van der Waals surface area contributed by atoms with Crippen LogP contribution in [0.25, 0.3) is 0 Å². The summed E-state index contributed by atoms with van der Waals surface area (Å²) in [5, 5.41) is 4.89. The third kappa shape index (κ3) is 4.95. The number of rotatable bonds is 6. The van der Waals surface area contributed by atoms with Crippen molar-refractivity contribution in [2.24, 2.45) is 0 Å². The second kappa shape index (κ2) is 8.65. The molecule has 0 saturated heterocycles. The number of nitrogens with one attached hydrogen (secondary N) is 2. The summed E-state index contributed by atoms with van der Waals surface area (Å²) in [6.07, 6.45) is 0.666. The van der Waals surface area contributed by atoms with Crippen LogP contribution < -0.4 is 14.9 Å². The van der Waals surface area contributed by atoms with Crippen LogP contribution in [-0.2, 0) is 26.0 Å². The van der Waals surface area contributed by atoms with E-state index in [1.54, 1.807) is 24.3 Å². The van der Waals surface area contributed by atoms with Gasteiger partial charge in [-0.15, -0.1) is 0 Å². The minimum atomic E-state index is -3.58. The van der Waals surface area contributed by atoms with Gasteiger partial charge in [-0.25, -0.2) is 8.42 Å². The highest BCUT2D eigenvalue weighted by molar-refractivity contribution is 7.92. The van der Waals surface area contributed by atoms with Crippen molar-refractivity contribution in [2.45, 2.75) is 26.2 Å². The summed E-state index contributed by atoms with van der Waals surface area (Å²) >= 11 is 0.